The normalized spacial score (nSPS) is 11.4. The van der Waals surface area contributed by atoms with Crippen LogP contribution in [0.4, 0.5) is 14.6 Å². The van der Waals surface area contributed by atoms with Crippen molar-refractivity contribution < 1.29 is 17.2 Å². The third-order valence-corrected chi connectivity index (χ3v) is 5.37. The minimum absolute atomic E-state index is 0.0429. The van der Waals surface area contributed by atoms with Gasteiger partial charge in [0.05, 0.1) is 4.90 Å². The van der Waals surface area contributed by atoms with E-state index >= 15 is 0 Å². The van der Waals surface area contributed by atoms with Gasteiger partial charge in [-0.2, -0.15) is 0 Å². The molecular weight excluding hydrogens is 358 g/mol. The molecule has 7 heteroatoms. The second kappa shape index (κ2) is 6.84. The van der Waals surface area contributed by atoms with Crippen LogP contribution in [0.3, 0.4) is 0 Å². The third-order valence-electron chi connectivity index (χ3n) is 3.85. The van der Waals surface area contributed by atoms with Crippen LogP contribution in [0.2, 0.25) is 0 Å². The van der Waals surface area contributed by atoms with Crippen LogP contribution in [0.1, 0.15) is 11.3 Å². The van der Waals surface area contributed by atoms with E-state index in [4.69, 9.17) is 0 Å². The van der Waals surface area contributed by atoms with Gasteiger partial charge in [-0.3, -0.25) is 4.72 Å². The van der Waals surface area contributed by atoms with Crippen LogP contribution < -0.4 is 4.72 Å². The fourth-order valence-corrected chi connectivity index (χ4v) is 3.87. The van der Waals surface area contributed by atoms with Gasteiger partial charge in [0, 0.05) is 11.3 Å². The lowest BCUT2D eigenvalue weighted by Gasteiger charge is -2.12. The summed E-state index contributed by atoms with van der Waals surface area (Å²) in [6.07, 6.45) is 0. The molecule has 3 rings (SSSR count). The molecule has 0 radical (unpaired) electrons. The van der Waals surface area contributed by atoms with Crippen LogP contribution in [0.15, 0.2) is 59.5 Å². The molecule has 0 fully saturated rings. The number of anilines is 1. The number of pyridine rings is 1. The molecule has 0 atom stereocenters. The lowest BCUT2D eigenvalue weighted by Crippen LogP contribution is -2.15. The van der Waals surface area contributed by atoms with Crippen molar-refractivity contribution in [3.8, 4) is 11.1 Å². The molecule has 1 aromatic heterocycles. The summed E-state index contributed by atoms with van der Waals surface area (Å²) in [6.45, 7) is 3.35. The molecular formula is C19H16F2N2O2S. The summed E-state index contributed by atoms with van der Waals surface area (Å²) in [7, 11) is -3.86. The van der Waals surface area contributed by atoms with E-state index in [1.807, 2.05) is 0 Å². The zero-order valence-corrected chi connectivity index (χ0v) is 14.9. The molecule has 0 aliphatic rings. The molecule has 2 aromatic carbocycles. The highest BCUT2D eigenvalue weighted by Crippen LogP contribution is 2.28. The van der Waals surface area contributed by atoms with Crippen LogP contribution in [-0.4, -0.2) is 13.4 Å². The monoisotopic (exact) mass is 374 g/mol. The first-order valence-corrected chi connectivity index (χ1v) is 9.28. The predicted octanol–water partition coefficient (Wildman–Crippen LogP) is 4.44. The first-order chi connectivity index (χ1) is 12.3. The maximum atomic E-state index is 14.0. The number of halogens is 2. The summed E-state index contributed by atoms with van der Waals surface area (Å²) in [5, 5.41) is 0. The molecule has 134 valence electrons. The molecule has 0 saturated heterocycles. The molecule has 0 amide bonds. The maximum absolute atomic E-state index is 14.0. The lowest BCUT2D eigenvalue weighted by molar-refractivity contribution is 0.511. The van der Waals surface area contributed by atoms with Gasteiger partial charge in [-0.15, -0.1) is 0 Å². The third kappa shape index (κ3) is 3.57. The second-order valence-electron chi connectivity index (χ2n) is 5.85. The molecule has 0 spiro atoms. The quantitative estimate of drug-likeness (QED) is 0.734. The highest BCUT2D eigenvalue weighted by Gasteiger charge is 2.19. The second-order valence-corrected chi connectivity index (χ2v) is 7.50. The predicted molar refractivity (Wildman–Crippen MR) is 96.3 cm³/mol. The Hall–Kier alpha value is -2.80. The van der Waals surface area contributed by atoms with Crippen molar-refractivity contribution in [3.05, 3.63) is 77.5 Å². The van der Waals surface area contributed by atoms with E-state index in [2.05, 4.69) is 9.71 Å². The van der Waals surface area contributed by atoms with E-state index < -0.39 is 21.7 Å². The molecule has 1 N–H and O–H groups in total. The number of aryl methyl sites for hydroxylation is 2. The SMILES string of the molecule is Cc1cccc(NS(=O)(=O)c2ccc(-c3cccc(F)c3F)cc2C)n1. The molecule has 26 heavy (non-hydrogen) atoms. The Labute approximate surface area is 150 Å². The van der Waals surface area contributed by atoms with Crippen molar-refractivity contribution in [2.75, 3.05) is 4.72 Å². The van der Waals surface area contributed by atoms with E-state index in [-0.39, 0.29) is 16.3 Å². The van der Waals surface area contributed by atoms with Crippen LogP contribution in [-0.2, 0) is 10.0 Å². The van der Waals surface area contributed by atoms with Gasteiger partial charge >= 0.3 is 0 Å². The van der Waals surface area contributed by atoms with Gasteiger partial charge in [-0.1, -0.05) is 24.3 Å². The minimum atomic E-state index is -3.86. The number of hydrogen-bond acceptors (Lipinski definition) is 3. The van der Waals surface area contributed by atoms with Crippen molar-refractivity contribution in [3.63, 3.8) is 0 Å². The van der Waals surface area contributed by atoms with Crippen molar-refractivity contribution in [1.29, 1.82) is 0 Å². The summed E-state index contributed by atoms with van der Waals surface area (Å²) in [5.41, 5.74) is 1.56. The van der Waals surface area contributed by atoms with Gasteiger partial charge in [-0.05, 0) is 55.3 Å². The smallest absolute Gasteiger partial charge is 0.263 e. The van der Waals surface area contributed by atoms with Crippen molar-refractivity contribution in [2.45, 2.75) is 18.7 Å². The number of nitrogens with one attached hydrogen (secondary N) is 1. The summed E-state index contributed by atoms with van der Waals surface area (Å²) in [5.74, 6) is -1.71. The van der Waals surface area contributed by atoms with Crippen LogP contribution >= 0.6 is 0 Å². The van der Waals surface area contributed by atoms with Crippen molar-refractivity contribution in [2.24, 2.45) is 0 Å². The number of aromatic nitrogens is 1. The minimum Gasteiger partial charge on any atom is -0.263 e. The lowest BCUT2D eigenvalue weighted by atomic mass is 10.0. The van der Waals surface area contributed by atoms with E-state index in [1.54, 1.807) is 32.0 Å². The zero-order chi connectivity index (χ0) is 18.9. The highest BCUT2D eigenvalue weighted by molar-refractivity contribution is 7.92. The Kier molecular flexibility index (Phi) is 4.73. The molecule has 0 unspecified atom stereocenters. The molecule has 3 aromatic rings. The number of nitrogens with zero attached hydrogens (tertiary/aromatic N) is 1. The number of rotatable bonds is 4. The number of sulfonamides is 1. The number of hydrogen-bond donors (Lipinski definition) is 1. The average Bonchev–Trinajstić information content (AvgIpc) is 2.56. The van der Waals surface area contributed by atoms with Gasteiger partial charge in [0.15, 0.2) is 11.6 Å². The summed E-state index contributed by atoms with van der Waals surface area (Å²) < 4.78 is 55.0. The Bertz CT molecular complexity index is 1080. The summed E-state index contributed by atoms with van der Waals surface area (Å²) in [6, 6.07) is 13.2. The average molecular weight is 374 g/mol. The largest absolute Gasteiger partial charge is 0.263 e. The topological polar surface area (TPSA) is 59.1 Å². The highest BCUT2D eigenvalue weighted by atomic mass is 32.2. The molecule has 4 nitrogen and oxygen atoms in total. The summed E-state index contributed by atoms with van der Waals surface area (Å²) >= 11 is 0. The maximum Gasteiger partial charge on any atom is 0.263 e. The van der Waals surface area contributed by atoms with Crippen LogP contribution in [0.25, 0.3) is 11.1 Å². The van der Waals surface area contributed by atoms with Crippen molar-refractivity contribution >= 4 is 15.8 Å². The fourth-order valence-electron chi connectivity index (χ4n) is 2.64. The Morgan fingerprint density at radius 2 is 1.69 bits per heavy atom. The van der Waals surface area contributed by atoms with E-state index in [0.29, 0.717) is 16.8 Å². The number of benzene rings is 2. The molecule has 0 bridgehead atoms. The summed E-state index contributed by atoms with van der Waals surface area (Å²) in [4.78, 5) is 4.16. The van der Waals surface area contributed by atoms with E-state index in [9.17, 15) is 17.2 Å². The van der Waals surface area contributed by atoms with Gasteiger partial charge in [0.1, 0.15) is 5.82 Å². The van der Waals surface area contributed by atoms with Crippen molar-refractivity contribution in [1.82, 2.24) is 4.98 Å². The van der Waals surface area contributed by atoms with Gasteiger partial charge in [0.25, 0.3) is 10.0 Å². The molecule has 0 aliphatic carbocycles. The Morgan fingerprint density at radius 1 is 0.962 bits per heavy atom. The Balaban J connectivity index is 1.98. The van der Waals surface area contributed by atoms with Gasteiger partial charge in [-0.25, -0.2) is 22.2 Å². The Morgan fingerprint density at radius 3 is 2.38 bits per heavy atom. The molecule has 1 heterocycles. The van der Waals surface area contributed by atoms with E-state index in [0.717, 1.165) is 6.07 Å². The van der Waals surface area contributed by atoms with E-state index in [1.165, 1.54) is 30.3 Å². The van der Waals surface area contributed by atoms with Crippen LogP contribution in [0, 0.1) is 25.5 Å². The first-order valence-electron chi connectivity index (χ1n) is 7.79. The fraction of sp³-hybridized carbons (Fsp3) is 0.105. The zero-order valence-electron chi connectivity index (χ0n) is 14.1. The standard InChI is InChI=1S/C19H16F2N2O2S/c1-12-11-14(15-6-4-7-16(20)19(15)21)9-10-17(12)26(24,25)23-18-8-3-5-13(2)22-18/h3-11H,1-2H3,(H,22,23). The first kappa shape index (κ1) is 18.0. The molecule has 0 aliphatic heterocycles. The van der Waals surface area contributed by atoms with Gasteiger partial charge in [0.2, 0.25) is 0 Å². The van der Waals surface area contributed by atoms with Crippen LogP contribution in [0.5, 0.6) is 0 Å². The molecule has 0 saturated carbocycles. The van der Waals surface area contributed by atoms with Gasteiger partial charge < -0.3 is 0 Å².